The third-order valence-electron chi connectivity index (χ3n) is 3.87. The molecule has 0 spiro atoms. The molecule has 28 heavy (non-hydrogen) atoms. The van der Waals surface area contributed by atoms with Crippen molar-refractivity contribution >= 4 is 23.4 Å². The van der Waals surface area contributed by atoms with Crippen LogP contribution in [0.2, 0.25) is 0 Å². The molecule has 0 bridgehead atoms. The van der Waals surface area contributed by atoms with E-state index in [-0.39, 0.29) is 11.3 Å². The highest BCUT2D eigenvalue weighted by atomic mass is 32.2. The van der Waals surface area contributed by atoms with E-state index in [1.165, 1.54) is 24.3 Å². The summed E-state index contributed by atoms with van der Waals surface area (Å²) in [5.41, 5.74) is 0.749. The molecule has 0 fully saturated rings. The predicted octanol–water partition coefficient (Wildman–Crippen LogP) is 4.25. The number of nitrogens with one attached hydrogen (secondary N) is 1. The molecule has 0 aliphatic heterocycles. The van der Waals surface area contributed by atoms with E-state index in [9.17, 15) is 19.3 Å². The van der Waals surface area contributed by atoms with Crippen LogP contribution in [-0.2, 0) is 6.42 Å². The lowest BCUT2D eigenvalue weighted by Crippen LogP contribution is -2.26. The van der Waals surface area contributed by atoms with Crippen molar-refractivity contribution in [3.8, 4) is 0 Å². The smallest absolute Gasteiger partial charge is 0.270 e. The molecule has 142 valence electrons. The fourth-order valence-corrected chi connectivity index (χ4v) is 3.44. The van der Waals surface area contributed by atoms with Crippen molar-refractivity contribution in [2.75, 3.05) is 6.54 Å². The van der Waals surface area contributed by atoms with E-state index in [1.807, 2.05) is 12.1 Å². The van der Waals surface area contributed by atoms with Crippen molar-refractivity contribution < 1.29 is 14.1 Å². The Morgan fingerprint density at radius 3 is 2.61 bits per heavy atom. The summed E-state index contributed by atoms with van der Waals surface area (Å²) in [6.45, 7) is 0.322. The first-order valence-electron chi connectivity index (χ1n) is 8.43. The summed E-state index contributed by atoms with van der Waals surface area (Å²) in [6.07, 6.45) is 2.19. The van der Waals surface area contributed by atoms with Crippen LogP contribution in [-0.4, -0.2) is 22.4 Å². The van der Waals surface area contributed by atoms with Gasteiger partial charge in [0.15, 0.2) is 0 Å². The Balaban J connectivity index is 1.80. The Labute approximate surface area is 165 Å². The normalized spacial score (nSPS) is 10.5. The zero-order chi connectivity index (χ0) is 19.9. The average Bonchev–Trinajstić information content (AvgIpc) is 2.70. The van der Waals surface area contributed by atoms with Gasteiger partial charge < -0.3 is 5.32 Å². The molecule has 0 unspecified atom stereocenters. The van der Waals surface area contributed by atoms with Crippen molar-refractivity contribution in [2.24, 2.45) is 0 Å². The van der Waals surface area contributed by atoms with Crippen molar-refractivity contribution in [1.82, 2.24) is 10.3 Å². The fourth-order valence-electron chi connectivity index (χ4n) is 2.49. The minimum Gasteiger partial charge on any atom is -0.352 e. The molecule has 0 radical (unpaired) electrons. The summed E-state index contributed by atoms with van der Waals surface area (Å²) >= 11 is 1.05. The second kappa shape index (κ2) is 9.09. The maximum atomic E-state index is 14.0. The number of rotatable bonds is 7. The maximum Gasteiger partial charge on any atom is 0.270 e. The van der Waals surface area contributed by atoms with E-state index >= 15 is 0 Å². The fraction of sp³-hybridized carbons (Fsp3) is 0.100. The van der Waals surface area contributed by atoms with Gasteiger partial charge in [-0.3, -0.25) is 19.9 Å². The number of nitrogens with zero attached hydrogens (tertiary/aromatic N) is 2. The van der Waals surface area contributed by atoms with Gasteiger partial charge in [0.2, 0.25) is 0 Å². The van der Waals surface area contributed by atoms with Crippen LogP contribution in [0.4, 0.5) is 10.1 Å². The first kappa shape index (κ1) is 19.5. The Morgan fingerprint density at radius 1 is 1.11 bits per heavy atom. The summed E-state index contributed by atoms with van der Waals surface area (Å²) in [6, 6.07) is 15.6. The van der Waals surface area contributed by atoms with Crippen LogP contribution >= 0.6 is 11.8 Å². The summed E-state index contributed by atoms with van der Waals surface area (Å²) in [4.78, 5) is 28.1. The average molecular weight is 397 g/mol. The van der Waals surface area contributed by atoms with Crippen molar-refractivity contribution in [2.45, 2.75) is 16.2 Å². The van der Waals surface area contributed by atoms with Gasteiger partial charge in [0.05, 0.1) is 10.5 Å². The van der Waals surface area contributed by atoms with Crippen LogP contribution in [0.1, 0.15) is 16.1 Å². The van der Waals surface area contributed by atoms with Crippen LogP contribution in [0, 0.1) is 15.9 Å². The highest BCUT2D eigenvalue weighted by Crippen LogP contribution is 2.34. The molecular formula is C20H16FN3O3S. The Bertz CT molecular complexity index is 999. The summed E-state index contributed by atoms with van der Waals surface area (Å²) in [7, 11) is 0. The lowest BCUT2D eigenvalue weighted by Gasteiger charge is -2.10. The first-order chi connectivity index (χ1) is 13.5. The highest BCUT2D eigenvalue weighted by molar-refractivity contribution is 7.99. The molecule has 3 aromatic rings. The van der Waals surface area contributed by atoms with E-state index in [2.05, 4.69) is 10.3 Å². The number of nitro benzene ring substituents is 1. The largest absolute Gasteiger partial charge is 0.352 e. The van der Waals surface area contributed by atoms with E-state index in [4.69, 9.17) is 0 Å². The Kier molecular flexibility index (Phi) is 6.33. The van der Waals surface area contributed by atoms with Gasteiger partial charge in [0.25, 0.3) is 11.6 Å². The third kappa shape index (κ3) is 4.92. The number of hydrogen-bond donors (Lipinski definition) is 1. The van der Waals surface area contributed by atoms with Crippen LogP contribution < -0.4 is 5.32 Å². The highest BCUT2D eigenvalue weighted by Gasteiger charge is 2.18. The van der Waals surface area contributed by atoms with E-state index in [1.54, 1.807) is 30.5 Å². The number of carbonyl (C=O) groups is 1. The van der Waals surface area contributed by atoms with Gasteiger partial charge in [-0.2, -0.15) is 0 Å². The third-order valence-corrected chi connectivity index (χ3v) is 4.99. The summed E-state index contributed by atoms with van der Waals surface area (Å²) < 4.78 is 14.0. The van der Waals surface area contributed by atoms with Crippen LogP contribution in [0.3, 0.4) is 0 Å². The van der Waals surface area contributed by atoms with Gasteiger partial charge in [-0.25, -0.2) is 4.39 Å². The molecule has 6 nitrogen and oxygen atoms in total. The summed E-state index contributed by atoms with van der Waals surface area (Å²) in [5, 5.41) is 13.8. The minimum absolute atomic E-state index is 0.128. The summed E-state index contributed by atoms with van der Waals surface area (Å²) in [5.74, 6) is -0.883. The quantitative estimate of drug-likeness (QED) is 0.476. The monoisotopic (exact) mass is 397 g/mol. The van der Waals surface area contributed by atoms with E-state index < -0.39 is 16.6 Å². The molecular weight excluding hydrogens is 381 g/mol. The van der Waals surface area contributed by atoms with Crippen LogP contribution in [0.25, 0.3) is 0 Å². The lowest BCUT2D eigenvalue weighted by atomic mass is 10.2. The molecule has 1 heterocycles. The zero-order valence-electron chi connectivity index (χ0n) is 14.7. The molecule has 3 rings (SSSR count). The van der Waals surface area contributed by atoms with Crippen LogP contribution in [0.5, 0.6) is 0 Å². The number of nitro groups is 1. The number of pyridine rings is 1. The van der Waals surface area contributed by atoms with E-state index in [0.717, 1.165) is 17.5 Å². The number of hydrogen-bond acceptors (Lipinski definition) is 5. The number of halogens is 1. The van der Waals surface area contributed by atoms with Gasteiger partial charge in [-0.05, 0) is 30.3 Å². The van der Waals surface area contributed by atoms with Gasteiger partial charge in [-0.15, -0.1) is 0 Å². The van der Waals surface area contributed by atoms with Crippen molar-refractivity contribution in [1.29, 1.82) is 0 Å². The Morgan fingerprint density at radius 2 is 1.89 bits per heavy atom. The maximum absolute atomic E-state index is 14.0. The van der Waals surface area contributed by atoms with Gasteiger partial charge >= 0.3 is 0 Å². The predicted molar refractivity (Wildman–Crippen MR) is 104 cm³/mol. The lowest BCUT2D eigenvalue weighted by molar-refractivity contribution is -0.384. The topological polar surface area (TPSA) is 85.1 Å². The van der Waals surface area contributed by atoms with Crippen molar-refractivity contribution in [3.05, 3.63) is 94.0 Å². The molecule has 0 saturated carbocycles. The number of amides is 1. The molecule has 1 amide bonds. The molecule has 1 N–H and O–H groups in total. The first-order valence-corrected chi connectivity index (χ1v) is 9.25. The van der Waals surface area contributed by atoms with Crippen LogP contribution in [0.15, 0.2) is 76.7 Å². The second-order valence-corrected chi connectivity index (χ2v) is 6.88. The molecule has 0 atom stereocenters. The number of carbonyl (C=O) groups excluding carboxylic acids is 1. The second-order valence-electron chi connectivity index (χ2n) is 5.80. The number of benzene rings is 2. The molecule has 0 aliphatic carbocycles. The van der Waals surface area contributed by atoms with Gasteiger partial charge in [0.1, 0.15) is 5.82 Å². The molecule has 2 aromatic carbocycles. The zero-order valence-corrected chi connectivity index (χ0v) is 15.5. The number of non-ortho nitro benzene ring substituents is 1. The number of aromatic nitrogens is 1. The molecule has 8 heteroatoms. The SMILES string of the molecule is O=C(NCCc1ccccn1)c1cc([N+](=O)[O-])ccc1Sc1ccccc1F. The standard InChI is InChI=1S/C20H16FN3O3S/c21-17-6-1-2-7-19(17)28-18-9-8-15(24(26)27)13-16(18)20(25)23-12-10-14-5-3-4-11-22-14/h1-9,11,13H,10,12H2,(H,23,25). The van der Waals surface area contributed by atoms with E-state index in [0.29, 0.717) is 22.8 Å². The molecule has 0 saturated heterocycles. The van der Waals surface area contributed by atoms with Crippen molar-refractivity contribution in [3.63, 3.8) is 0 Å². The minimum atomic E-state index is -0.567. The molecule has 0 aliphatic rings. The van der Waals surface area contributed by atoms with Gasteiger partial charge in [0, 0.05) is 46.8 Å². The molecule has 1 aromatic heterocycles. The Hall–Kier alpha value is -3.26. The van der Waals surface area contributed by atoms with Gasteiger partial charge in [-0.1, -0.05) is 30.0 Å².